The quantitative estimate of drug-likeness (QED) is 0.275. The summed E-state index contributed by atoms with van der Waals surface area (Å²) in [4.78, 5) is 60.5. The maximum absolute atomic E-state index is 14.9. The van der Waals surface area contributed by atoms with Gasteiger partial charge in [-0.3, -0.25) is 19.3 Å². The molecule has 7 aliphatic rings. The molecule has 5 aliphatic carbocycles. The number of amides is 4. The number of rotatable bonds is 7. The van der Waals surface area contributed by atoms with Gasteiger partial charge in [-0.05, 0) is 84.5 Å². The van der Waals surface area contributed by atoms with Crippen LogP contribution >= 0.6 is 0 Å². The van der Waals surface area contributed by atoms with Gasteiger partial charge in [0.1, 0.15) is 12.1 Å². The Morgan fingerprint density at radius 3 is 2.22 bits per heavy atom. The van der Waals surface area contributed by atoms with Crippen LogP contribution in [0.4, 0.5) is 4.79 Å². The number of nitrogens with zero attached hydrogens (tertiary/aromatic N) is 2. The Labute approximate surface area is 299 Å². The molecule has 5 unspecified atom stereocenters. The van der Waals surface area contributed by atoms with Crippen LogP contribution in [0.3, 0.4) is 0 Å². The molecule has 0 radical (unpaired) electrons. The Morgan fingerprint density at radius 1 is 0.980 bits per heavy atom. The lowest BCUT2D eigenvalue weighted by Gasteiger charge is -2.41. The highest BCUT2D eigenvalue weighted by Crippen LogP contribution is 2.88. The molecule has 11 nitrogen and oxygen atoms in total. The van der Waals surface area contributed by atoms with Crippen molar-refractivity contribution in [3.05, 3.63) is 11.3 Å². The third kappa shape index (κ3) is 5.58. The number of hydrogen-bond acceptors (Lipinski definition) is 7. The van der Waals surface area contributed by atoms with Crippen molar-refractivity contribution in [2.75, 3.05) is 32.7 Å². The summed E-state index contributed by atoms with van der Waals surface area (Å²) in [5.41, 5.74) is 6.94. The normalized spacial score (nSPS) is 33.3. The number of allylic oxidation sites excluding steroid dienone is 1. The fraction of sp³-hybridized carbons (Fsp3) is 0.846. The number of hydrogen-bond donors (Lipinski definition) is 5. The summed E-state index contributed by atoms with van der Waals surface area (Å²) in [6.45, 7) is 21.0. The van der Waals surface area contributed by atoms with Gasteiger partial charge in [0.15, 0.2) is 0 Å². The predicted molar refractivity (Wildman–Crippen MR) is 193 cm³/mol. The van der Waals surface area contributed by atoms with Crippen LogP contribution in [0.5, 0.6) is 0 Å². The first kappa shape index (κ1) is 35.7. The molecule has 0 aromatic rings. The van der Waals surface area contributed by atoms with Crippen LogP contribution in [0, 0.1) is 33.0 Å². The monoisotopic (exact) mass is 693 g/mol. The van der Waals surface area contributed by atoms with Gasteiger partial charge < -0.3 is 31.9 Å². The van der Waals surface area contributed by atoms with Crippen molar-refractivity contribution in [2.45, 2.75) is 143 Å². The van der Waals surface area contributed by atoms with Gasteiger partial charge in [0.25, 0.3) is 0 Å². The molecule has 6 N–H and O–H groups in total. The molecule has 11 heteroatoms. The van der Waals surface area contributed by atoms with Gasteiger partial charge in [-0.1, -0.05) is 61.8 Å². The summed E-state index contributed by atoms with van der Waals surface area (Å²) < 4.78 is 0. The van der Waals surface area contributed by atoms with E-state index in [1.165, 1.54) is 12.8 Å². The van der Waals surface area contributed by atoms with Gasteiger partial charge in [-0.15, -0.1) is 0 Å². The fourth-order valence-electron chi connectivity index (χ4n) is 10.9. The number of piperazine rings is 1. The number of nitrogens with two attached hydrogens (primary N) is 1. The molecule has 6 atom stereocenters. The molecular formula is C39H63N7O4. The van der Waals surface area contributed by atoms with E-state index in [-0.39, 0.29) is 62.8 Å². The summed E-state index contributed by atoms with van der Waals surface area (Å²) in [5.74, 6) is -0.472. The number of Topliss-reactive ketones (excluding diaryl/α,β-unsaturated/α-hetero) is 1. The highest BCUT2D eigenvalue weighted by Gasteiger charge is 2.85. The standard InChI is InChI=1S/C39H63N7O4/c1-34(2,3)27(20-45-17-16-41-37(21-45)14-15-37)43-33(50)44-30(35(4,5)6)32(49)46-22-39(36(7,8)38(39)12-9-13-38)19-26(46)31(48)42-25-18-23-10-11-24(23)28(40)29(25)47/h23,25-27,30,41H,9-22,40H2,1-8H3,(H,42,48)(H2,43,44,50)/t23?,25?,26?,27?,30-,39?/m0/s1. The summed E-state index contributed by atoms with van der Waals surface area (Å²) >= 11 is 0. The molecule has 3 spiro atoms. The average Bonchev–Trinajstić information content (AvgIpc) is 3.72. The molecule has 6 fully saturated rings. The van der Waals surface area contributed by atoms with Crippen molar-refractivity contribution >= 4 is 23.6 Å². The number of carbonyl (C=O) groups excluding carboxylic acids is 4. The van der Waals surface area contributed by atoms with Gasteiger partial charge >= 0.3 is 6.03 Å². The minimum absolute atomic E-state index is 0.00849. The van der Waals surface area contributed by atoms with Gasteiger partial charge in [0, 0.05) is 49.7 Å². The van der Waals surface area contributed by atoms with Crippen molar-refractivity contribution in [2.24, 2.45) is 38.7 Å². The zero-order chi connectivity index (χ0) is 36.2. The molecule has 0 aromatic carbocycles. The van der Waals surface area contributed by atoms with E-state index in [1.807, 2.05) is 20.8 Å². The lowest BCUT2D eigenvalue weighted by Crippen LogP contribution is -2.62. The second-order valence-electron chi connectivity index (χ2n) is 19.9. The fourth-order valence-corrected chi connectivity index (χ4v) is 10.9. The van der Waals surface area contributed by atoms with Crippen LogP contribution in [-0.2, 0) is 14.4 Å². The van der Waals surface area contributed by atoms with E-state index < -0.39 is 23.5 Å². The van der Waals surface area contributed by atoms with E-state index in [2.05, 4.69) is 60.8 Å². The molecule has 7 rings (SSSR count). The highest BCUT2D eigenvalue weighted by atomic mass is 16.2. The molecular weight excluding hydrogens is 630 g/mol. The Balaban J connectivity index is 1.10. The van der Waals surface area contributed by atoms with E-state index in [0.717, 1.165) is 63.9 Å². The van der Waals surface area contributed by atoms with E-state index in [1.54, 1.807) is 4.90 Å². The second-order valence-corrected chi connectivity index (χ2v) is 19.9. The first-order valence-electron chi connectivity index (χ1n) is 19.4. The smallest absolute Gasteiger partial charge is 0.315 e. The molecule has 50 heavy (non-hydrogen) atoms. The first-order valence-corrected chi connectivity index (χ1v) is 19.4. The van der Waals surface area contributed by atoms with Crippen LogP contribution in [0.1, 0.15) is 113 Å². The summed E-state index contributed by atoms with van der Waals surface area (Å²) in [6, 6.07) is -2.73. The number of nitrogens with one attached hydrogen (secondary N) is 4. The van der Waals surface area contributed by atoms with Gasteiger partial charge in [0.05, 0.1) is 11.7 Å². The number of likely N-dealkylation sites (tertiary alicyclic amines) is 1. The molecule has 4 amide bonds. The van der Waals surface area contributed by atoms with Crippen molar-refractivity contribution in [3.8, 4) is 0 Å². The van der Waals surface area contributed by atoms with Crippen LogP contribution in [0.25, 0.3) is 0 Å². The van der Waals surface area contributed by atoms with Crippen molar-refractivity contribution < 1.29 is 19.2 Å². The Bertz CT molecular complexity index is 1480. The zero-order valence-corrected chi connectivity index (χ0v) is 31.9. The maximum Gasteiger partial charge on any atom is 0.315 e. The van der Waals surface area contributed by atoms with E-state index >= 15 is 0 Å². The van der Waals surface area contributed by atoms with Crippen molar-refractivity contribution in [1.29, 1.82) is 0 Å². The van der Waals surface area contributed by atoms with Gasteiger partial charge in [-0.2, -0.15) is 0 Å². The van der Waals surface area contributed by atoms with Gasteiger partial charge in [-0.25, -0.2) is 4.79 Å². The molecule has 2 aliphatic heterocycles. The third-order valence-electron chi connectivity index (χ3n) is 14.9. The SMILES string of the molecule is CC(C)(C)C(CN1CCNC2(CC2)C1)NC(=O)N[C@@H](C(=O)N1CC2(CC1C(=O)NC1CC3CCC3=C(N)C1=O)C(C)(C)C21CCC1)C(C)(C)C. The molecule has 278 valence electrons. The van der Waals surface area contributed by atoms with Crippen LogP contribution in [0.2, 0.25) is 0 Å². The van der Waals surface area contributed by atoms with Crippen molar-refractivity contribution in [1.82, 2.24) is 31.1 Å². The molecule has 0 aromatic heterocycles. The largest absolute Gasteiger partial charge is 0.396 e. The minimum atomic E-state index is -0.853. The maximum atomic E-state index is 14.9. The topological polar surface area (TPSA) is 149 Å². The lowest BCUT2D eigenvalue weighted by atomic mass is 9.69. The molecule has 2 saturated heterocycles. The number of carbonyl (C=O) groups is 4. The number of ketones is 1. The first-order chi connectivity index (χ1) is 23.2. The zero-order valence-electron chi connectivity index (χ0n) is 31.9. The Kier molecular flexibility index (Phi) is 8.34. The Morgan fingerprint density at radius 2 is 1.68 bits per heavy atom. The molecule has 4 saturated carbocycles. The predicted octanol–water partition coefficient (Wildman–Crippen LogP) is 3.43. The van der Waals surface area contributed by atoms with Crippen LogP contribution in [0.15, 0.2) is 11.3 Å². The number of fused-ring (bicyclic) bond motifs is 2. The van der Waals surface area contributed by atoms with Gasteiger partial charge in [0.2, 0.25) is 17.6 Å². The average molecular weight is 694 g/mol. The second kappa shape index (κ2) is 11.7. The van der Waals surface area contributed by atoms with E-state index in [0.29, 0.717) is 25.1 Å². The van der Waals surface area contributed by atoms with E-state index in [4.69, 9.17) is 5.73 Å². The van der Waals surface area contributed by atoms with Crippen LogP contribution < -0.4 is 27.0 Å². The summed E-state index contributed by atoms with van der Waals surface area (Å²) in [7, 11) is 0. The molecule has 0 bridgehead atoms. The minimum Gasteiger partial charge on any atom is -0.396 e. The Hall–Kier alpha value is -2.66. The summed E-state index contributed by atoms with van der Waals surface area (Å²) in [6.07, 6.45) is 8.75. The van der Waals surface area contributed by atoms with Crippen molar-refractivity contribution in [3.63, 3.8) is 0 Å². The van der Waals surface area contributed by atoms with Crippen LogP contribution in [-0.4, -0.2) is 95.9 Å². The lowest BCUT2D eigenvalue weighted by molar-refractivity contribution is -0.142. The summed E-state index contributed by atoms with van der Waals surface area (Å²) in [5, 5.41) is 13.1. The number of urea groups is 1. The third-order valence-corrected chi connectivity index (χ3v) is 14.9. The highest BCUT2D eigenvalue weighted by molar-refractivity contribution is 6.03. The van der Waals surface area contributed by atoms with E-state index in [9.17, 15) is 19.2 Å². The molecule has 2 heterocycles.